The summed E-state index contributed by atoms with van der Waals surface area (Å²) in [6, 6.07) is 15.6. The van der Waals surface area contributed by atoms with Gasteiger partial charge in [-0.15, -0.1) is 11.3 Å². The first-order valence-electron chi connectivity index (χ1n) is 6.77. The maximum absolute atomic E-state index is 9.78. The molecule has 0 bridgehead atoms. The fraction of sp³-hybridized carbons (Fsp3) is 0.118. The molecule has 3 rings (SSSR count). The minimum atomic E-state index is 0.219. The fourth-order valence-corrected chi connectivity index (χ4v) is 3.57. The lowest BCUT2D eigenvalue weighted by Gasteiger charge is -2.09. The molecule has 0 unspecified atom stereocenters. The van der Waals surface area contributed by atoms with Gasteiger partial charge < -0.3 is 10.4 Å². The minimum Gasteiger partial charge on any atom is -0.507 e. The Labute approximate surface area is 133 Å². The van der Waals surface area contributed by atoms with E-state index < -0.39 is 0 Å². The number of thiocarbonyl (C=S) groups is 1. The predicted molar refractivity (Wildman–Crippen MR) is 93.3 cm³/mol. The van der Waals surface area contributed by atoms with Crippen LogP contribution in [0.2, 0.25) is 0 Å². The van der Waals surface area contributed by atoms with Crippen molar-refractivity contribution in [3.8, 4) is 5.75 Å². The molecule has 0 fully saturated rings. The highest BCUT2D eigenvalue weighted by atomic mass is 32.1. The molecule has 0 saturated heterocycles. The molecule has 0 saturated carbocycles. The standard InChI is InChI=1S/C17H15NOS2/c19-15-7-3-1-6-14(15)17(20)18-10-9-12-11-21-16-8-4-2-5-13(12)16/h1-8,11,19H,9-10H2,(H,18,20). The lowest BCUT2D eigenvalue weighted by Crippen LogP contribution is -2.24. The van der Waals surface area contributed by atoms with Crippen LogP contribution in [0.1, 0.15) is 11.1 Å². The van der Waals surface area contributed by atoms with Crippen LogP contribution >= 0.6 is 23.6 Å². The normalized spacial score (nSPS) is 10.7. The summed E-state index contributed by atoms with van der Waals surface area (Å²) in [4.78, 5) is 0.590. The molecule has 0 aliphatic heterocycles. The molecule has 0 radical (unpaired) electrons. The zero-order valence-electron chi connectivity index (χ0n) is 11.4. The van der Waals surface area contributed by atoms with Gasteiger partial charge in [0.1, 0.15) is 10.7 Å². The molecule has 2 nitrogen and oxygen atoms in total. The van der Waals surface area contributed by atoms with Crippen molar-refractivity contribution in [2.75, 3.05) is 6.54 Å². The van der Waals surface area contributed by atoms with Gasteiger partial charge in [-0.1, -0.05) is 42.5 Å². The molecule has 2 N–H and O–H groups in total. The van der Waals surface area contributed by atoms with Crippen molar-refractivity contribution in [3.05, 3.63) is 65.0 Å². The average Bonchev–Trinajstić information content (AvgIpc) is 2.91. The Morgan fingerprint density at radius 1 is 1.10 bits per heavy atom. The quantitative estimate of drug-likeness (QED) is 0.711. The number of rotatable bonds is 4. The van der Waals surface area contributed by atoms with Gasteiger partial charge in [0.05, 0.1) is 5.56 Å². The zero-order chi connectivity index (χ0) is 14.7. The number of fused-ring (bicyclic) bond motifs is 1. The van der Waals surface area contributed by atoms with Crippen LogP contribution in [0.25, 0.3) is 10.1 Å². The SMILES string of the molecule is Oc1ccccc1C(=S)NCCc1csc2ccccc12. The summed E-state index contributed by atoms with van der Waals surface area (Å²) < 4.78 is 1.32. The summed E-state index contributed by atoms with van der Waals surface area (Å²) in [6.45, 7) is 0.758. The molecule has 3 aromatic rings. The Kier molecular flexibility index (Phi) is 4.18. The highest BCUT2D eigenvalue weighted by Gasteiger charge is 2.07. The van der Waals surface area contributed by atoms with E-state index in [2.05, 4.69) is 35.0 Å². The van der Waals surface area contributed by atoms with Gasteiger partial charge in [0, 0.05) is 11.2 Å². The number of aromatic hydroxyl groups is 1. The third kappa shape index (κ3) is 3.06. The third-order valence-corrected chi connectivity index (χ3v) is 4.77. The molecule has 2 aromatic carbocycles. The minimum absolute atomic E-state index is 0.219. The van der Waals surface area contributed by atoms with E-state index in [1.807, 2.05) is 12.1 Å². The molecule has 0 amide bonds. The molecule has 0 aliphatic carbocycles. The summed E-state index contributed by atoms with van der Waals surface area (Å²) in [7, 11) is 0. The first-order valence-corrected chi connectivity index (χ1v) is 8.06. The van der Waals surface area contributed by atoms with Gasteiger partial charge >= 0.3 is 0 Å². The molecule has 0 atom stereocenters. The Morgan fingerprint density at radius 2 is 1.86 bits per heavy atom. The van der Waals surface area contributed by atoms with Crippen LogP contribution in [0.5, 0.6) is 5.75 Å². The van der Waals surface area contributed by atoms with Crippen LogP contribution in [-0.2, 0) is 6.42 Å². The predicted octanol–water partition coefficient (Wildman–Crippen LogP) is 4.11. The van der Waals surface area contributed by atoms with E-state index in [0.717, 1.165) is 13.0 Å². The monoisotopic (exact) mass is 313 g/mol. The lowest BCUT2D eigenvalue weighted by atomic mass is 10.1. The van der Waals surface area contributed by atoms with Crippen molar-refractivity contribution in [1.29, 1.82) is 0 Å². The smallest absolute Gasteiger partial charge is 0.125 e. The molecule has 1 aromatic heterocycles. The summed E-state index contributed by atoms with van der Waals surface area (Å²) in [5, 5.41) is 16.5. The molecule has 106 valence electrons. The van der Waals surface area contributed by atoms with Crippen LogP contribution in [-0.4, -0.2) is 16.6 Å². The Bertz CT molecular complexity index is 779. The fourth-order valence-electron chi connectivity index (χ4n) is 2.30. The average molecular weight is 313 g/mol. The molecule has 4 heteroatoms. The zero-order valence-corrected chi connectivity index (χ0v) is 13.0. The number of para-hydroxylation sites is 1. The van der Waals surface area contributed by atoms with E-state index in [1.165, 1.54) is 15.6 Å². The second-order valence-electron chi connectivity index (χ2n) is 4.78. The highest BCUT2D eigenvalue weighted by molar-refractivity contribution is 7.80. The Hall–Kier alpha value is -1.91. The topological polar surface area (TPSA) is 32.3 Å². The molecular formula is C17H15NOS2. The van der Waals surface area contributed by atoms with Crippen LogP contribution in [0, 0.1) is 0 Å². The summed E-state index contributed by atoms with van der Waals surface area (Å²) in [5.74, 6) is 0.219. The van der Waals surface area contributed by atoms with E-state index in [1.54, 1.807) is 23.5 Å². The molecule has 0 aliphatic rings. The third-order valence-electron chi connectivity index (χ3n) is 3.39. The van der Waals surface area contributed by atoms with Crippen molar-refractivity contribution >= 4 is 38.6 Å². The van der Waals surface area contributed by atoms with E-state index in [-0.39, 0.29) is 5.75 Å². The van der Waals surface area contributed by atoms with Crippen LogP contribution in [0.15, 0.2) is 53.9 Å². The largest absolute Gasteiger partial charge is 0.507 e. The Morgan fingerprint density at radius 3 is 2.71 bits per heavy atom. The van der Waals surface area contributed by atoms with Crippen molar-refractivity contribution in [2.45, 2.75) is 6.42 Å². The number of hydrogen-bond acceptors (Lipinski definition) is 3. The van der Waals surface area contributed by atoms with E-state index in [0.29, 0.717) is 10.6 Å². The van der Waals surface area contributed by atoms with Crippen LogP contribution < -0.4 is 5.32 Å². The van der Waals surface area contributed by atoms with Crippen molar-refractivity contribution in [2.24, 2.45) is 0 Å². The van der Waals surface area contributed by atoms with E-state index >= 15 is 0 Å². The maximum Gasteiger partial charge on any atom is 0.125 e. The number of nitrogens with one attached hydrogen (secondary N) is 1. The first kappa shape index (κ1) is 14.0. The number of thiophene rings is 1. The maximum atomic E-state index is 9.78. The van der Waals surface area contributed by atoms with Crippen molar-refractivity contribution in [1.82, 2.24) is 5.32 Å². The molecular weight excluding hydrogens is 298 g/mol. The van der Waals surface area contributed by atoms with Crippen LogP contribution in [0.3, 0.4) is 0 Å². The van der Waals surface area contributed by atoms with Gasteiger partial charge in [-0.05, 0) is 40.9 Å². The van der Waals surface area contributed by atoms with E-state index in [4.69, 9.17) is 12.2 Å². The highest BCUT2D eigenvalue weighted by Crippen LogP contribution is 2.25. The van der Waals surface area contributed by atoms with Gasteiger partial charge in [-0.3, -0.25) is 0 Å². The number of benzene rings is 2. The number of phenolic OH excluding ortho intramolecular Hbond substituents is 1. The van der Waals surface area contributed by atoms with Gasteiger partial charge in [0.15, 0.2) is 0 Å². The van der Waals surface area contributed by atoms with Crippen molar-refractivity contribution < 1.29 is 5.11 Å². The van der Waals surface area contributed by atoms with Gasteiger partial charge in [0.2, 0.25) is 0 Å². The summed E-state index contributed by atoms with van der Waals surface area (Å²) in [6.07, 6.45) is 0.914. The van der Waals surface area contributed by atoms with Gasteiger partial charge in [-0.25, -0.2) is 0 Å². The lowest BCUT2D eigenvalue weighted by molar-refractivity contribution is 0.474. The molecule has 21 heavy (non-hydrogen) atoms. The number of phenols is 1. The summed E-state index contributed by atoms with van der Waals surface area (Å²) in [5.41, 5.74) is 2.02. The van der Waals surface area contributed by atoms with E-state index in [9.17, 15) is 5.11 Å². The van der Waals surface area contributed by atoms with Crippen LogP contribution in [0.4, 0.5) is 0 Å². The second-order valence-corrected chi connectivity index (χ2v) is 6.10. The summed E-state index contributed by atoms with van der Waals surface area (Å²) >= 11 is 7.10. The second kappa shape index (κ2) is 6.24. The van der Waals surface area contributed by atoms with Gasteiger partial charge in [-0.2, -0.15) is 0 Å². The Balaban J connectivity index is 1.64. The first-order chi connectivity index (χ1) is 10.3. The van der Waals surface area contributed by atoms with Crippen molar-refractivity contribution in [3.63, 3.8) is 0 Å². The van der Waals surface area contributed by atoms with Gasteiger partial charge in [0.25, 0.3) is 0 Å². The molecule has 0 spiro atoms. The molecule has 1 heterocycles. The number of hydrogen-bond donors (Lipinski definition) is 2.